The highest BCUT2D eigenvalue weighted by Crippen LogP contribution is 2.25. The summed E-state index contributed by atoms with van der Waals surface area (Å²) in [5.41, 5.74) is 7.02. The predicted molar refractivity (Wildman–Crippen MR) is 76.6 cm³/mol. The summed E-state index contributed by atoms with van der Waals surface area (Å²) in [5.74, 6) is 1.18. The van der Waals surface area contributed by atoms with Crippen molar-refractivity contribution in [1.82, 2.24) is 5.32 Å². The minimum Gasteiger partial charge on any atom is -0.354 e. The standard InChI is InChI=1S/C14H20N2OS/c15-13(9-11-5-2-1-3-6-11)14(17)16-10-12-7-4-8-18-12/h1-3,5-6,12-13H,4,7-10,15H2,(H,16,17). The number of carbonyl (C=O) groups is 1. The van der Waals surface area contributed by atoms with Gasteiger partial charge in [-0.25, -0.2) is 0 Å². The van der Waals surface area contributed by atoms with Gasteiger partial charge >= 0.3 is 0 Å². The van der Waals surface area contributed by atoms with Gasteiger partial charge in [0, 0.05) is 11.8 Å². The van der Waals surface area contributed by atoms with Crippen LogP contribution in [0.25, 0.3) is 0 Å². The quantitative estimate of drug-likeness (QED) is 0.849. The van der Waals surface area contributed by atoms with Gasteiger partial charge in [-0.15, -0.1) is 0 Å². The van der Waals surface area contributed by atoms with Gasteiger partial charge in [0.05, 0.1) is 6.04 Å². The number of nitrogens with one attached hydrogen (secondary N) is 1. The molecule has 2 atom stereocenters. The molecule has 1 amide bonds. The van der Waals surface area contributed by atoms with Gasteiger partial charge in [-0.3, -0.25) is 4.79 Å². The highest BCUT2D eigenvalue weighted by Gasteiger charge is 2.18. The normalized spacial score (nSPS) is 20.6. The first kappa shape index (κ1) is 13.4. The molecule has 1 aliphatic rings. The molecule has 3 nitrogen and oxygen atoms in total. The summed E-state index contributed by atoms with van der Waals surface area (Å²) in [6.07, 6.45) is 3.07. The number of rotatable bonds is 5. The lowest BCUT2D eigenvalue weighted by molar-refractivity contribution is -0.122. The van der Waals surface area contributed by atoms with E-state index in [1.54, 1.807) is 0 Å². The molecule has 0 bridgehead atoms. The molecule has 1 saturated heterocycles. The van der Waals surface area contributed by atoms with E-state index in [1.165, 1.54) is 18.6 Å². The molecule has 1 aromatic carbocycles. The van der Waals surface area contributed by atoms with Crippen LogP contribution < -0.4 is 11.1 Å². The Hall–Kier alpha value is -1.00. The van der Waals surface area contributed by atoms with Crippen molar-refractivity contribution in [3.05, 3.63) is 35.9 Å². The lowest BCUT2D eigenvalue weighted by atomic mass is 10.1. The molecule has 1 heterocycles. The van der Waals surface area contributed by atoms with Crippen LogP contribution in [0, 0.1) is 0 Å². The minimum absolute atomic E-state index is 0.0358. The molecule has 2 unspecified atom stereocenters. The zero-order valence-electron chi connectivity index (χ0n) is 10.5. The number of nitrogens with two attached hydrogens (primary N) is 1. The zero-order valence-corrected chi connectivity index (χ0v) is 11.3. The van der Waals surface area contributed by atoms with Crippen LogP contribution in [0.3, 0.4) is 0 Å². The molecule has 98 valence electrons. The van der Waals surface area contributed by atoms with Crippen LogP contribution in [0.2, 0.25) is 0 Å². The Morgan fingerprint density at radius 3 is 2.89 bits per heavy atom. The first-order valence-electron chi connectivity index (χ1n) is 6.44. The van der Waals surface area contributed by atoms with Crippen molar-refractivity contribution in [2.24, 2.45) is 5.73 Å². The fourth-order valence-electron chi connectivity index (χ4n) is 2.11. The van der Waals surface area contributed by atoms with Crippen molar-refractivity contribution >= 4 is 17.7 Å². The van der Waals surface area contributed by atoms with Crippen LogP contribution in [0.4, 0.5) is 0 Å². The summed E-state index contributed by atoms with van der Waals surface area (Å²) in [6, 6.07) is 9.45. The van der Waals surface area contributed by atoms with E-state index in [2.05, 4.69) is 5.32 Å². The fraction of sp³-hybridized carbons (Fsp3) is 0.500. The second kappa shape index (κ2) is 6.81. The number of benzene rings is 1. The maximum absolute atomic E-state index is 11.9. The molecule has 1 aromatic rings. The van der Waals surface area contributed by atoms with Crippen LogP contribution in [0.1, 0.15) is 18.4 Å². The number of amides is 1. The van der Waals surface area contributed by atoms with E-state index in [0.717, 1.165) is 12.1 Å². The summed E-state index contributed by atoms with van der Waals surface area (Å²) < 4.78 is 0. The van der Waals surface area contributed by atoms with Crippen LogP contribution in [-0.4, -0.2) is 29.5 Å². The van der Waals surface area contributed by atoms with Gasteiger partial charge in [-0.05, 0) is 30.6 Å². The maximum Gasteiger partial charge on any atom is 0.237 e. The molecule has 0 radical (unpaired) electrons. The van der Waals surface area contributed by atoms with E-state index in [9.17, 15) is 4.79 Å². The SMILES string of the molecule is NC(Cc1ccccc1)C(=O)NCC1CCCS1. The first-order chi connectivity index (χ1) is 8.75. The average Bonchev–Trinajstić information content (AvgIpc) is 2.90. The van der Waals surface area contributed by atoms with Crippen LogP contribution in [0.5, 0.6) is 0 Å². The lowest BCUT2D eigenvalue weighted by Crippen LogP contribution is -2.43. The predicted octanol–water partition coefficient (Wildman–Crippen LogP) is 1.57. The molecule has 18 heavy (non-hydrogen) atoms. The summed E-state index contributed by atoms with van der Waals surface area (Å²) in [7, 11) is 0. The van der Waals surface area contributed by atoms with E-state index in [1.807, 2.05) is 42.1 Å². The topological polar surface area (TPSA) is 55.1 Å². The monoisotopic (exact) mass is 264 g/mol. The summed E-state index contributed by atoms with van der Waals surface area (Å²) >= 11 is 1.94. The Balaban J connectivity index is 1.74. The maximum atomic E-state index is 11.9. The third-order valence-corrected chi connectivity index (χ3v) is 4.56. The Bertz CT molecular complexity index is 377. The molecule has 0 spiro atoms. The van der Waals surface area contributed by atoms with Crippen molar-refractivity contribution in [3.8, 4) is 0 Å². The first-order valence-corrected chi connectivity index (χ1v) is 7.49. The summed E-state index contributed by atoms with van der Waals surface area (Å²) in [5, 5.41) is 3.54. The molecule has 0 aromatic heterocycles. The van der Waals surface area contributed by atoms with Crippen molar-refractivity contribution in [2.45, 2.75) is 30.6 Å². The number of carbonyl (C=O) groups excluding carboxylic acids is 1. The van der Waals surface area contributed by atoms with E-state index < -0.39 is 6.04 Å². The van der Waals surface area contributed by atoms with Crippen LogP contribution in [0.15, 0.2) is 30.3 Å². The van der Waals surface area contributed by atoms with E-state index in [0.29, 0.717) is 11.7 Å². The van der Waals surface area contributed by atoms with E-state index in [-0.39, 0.29) is 5.91 Å². The molecule has 1 fully saturated rings. The molecule has 0 saturated carbocycles. The number of thioether (sulfide) groups is 1. The van der Waals surface area contributed by atoms with Crippen LogP contribution >= 0.6 is 11.8 Å². The van der Waals surface area contributed by atoms with Crippen molar-refractivity contribution in [3.63, 3.8) is 0 Å². The number of hydrogen-bond acceptors (Lipinski definition) is 3. The summed E-state index contributed by atoms with van der Waals surface area (Å²) in [4.78, 5) is 11.9. The second-order valence-electron chi connectivity index (χ2n) is 4.68. The summed E-state index contributed by atoms with van der Waals surface area (Å²) in [6.45, 7) is 0.756. The molecule has 0 aliphatic carbocycles. The van der Waals surface area contributed by atoms with Gasteiger partial charge in [0.15, 0.2) is 0 Å². The third-order valence-electron chi connectivity index (χ3n) is 3.16. The van der Waals surface area contributed by atoms with Gasteiger partial charge in [0.1, 0.15) is 0 Å². The molecule has 3 N–H and O–H groups in total. The molecule has 1 aliphatic heterocycles. The minimum atomic E-state index is -0.446. The number of hydrogen-bond donors (Lipinski definition) is 2. The van der Waals surface area contributed by atoms with Crippen molar-refractivity contribution in [2.75, 3.05) is 12.3 Å². The van der Waals surface area contributed by atoms with Gasteiger partial charge < -0.3 is 11.1 Å². The fourth-order valence-corrected chi connectivity index (χ4v) is 3.31. The van der Waals surface area contributed by atoms with Gasteiger partial charge in [-0.2, -0.15) is 11.8 Å². The Kier molecular flexibility index (Phi) is 5.08. The Labute approximate surface area is 113 Å². The zero-order chi connectivity index (χ0) is 12.8. The second-order valence-corrected chi connectivity index (χ2v) is 6.08. The third kappa shape index (κ3) is 4.03. The lowest BCUT2D eigenvalue weighted by Gasteiger charge is -2.14. The largest absolute Gasteiger partial charge is 0.354 e. The molecular formula is C14H20N2OS. The van der Waals surface area contributed by atoms with Crippen LogP contribution in [-0.2, 0) is 11.2 Å². The van der Waals surface area contributed by atoms with Crippen molar-refractivity contribution in [1.29, 1.82) is 0 Å². The molecular weight excluding hydrogens is 244 g/mol. The Morgan fingerprint density at radius 1 is 1.44 bits per heavy atom. The van der Waals surface area contributed by atoms with Gasteiger partial charge in [-0.1, -0.05) is 30.3 Å². The van der Waals surface area contributed by atoms with Crippen molar-refractivity contribution < 1.29 is 4.79 Å². The molecule has 2 rings (SSSR count). The highest BCUT2D eigenvalue weighted by molar-refractivity contribution is 8.00. The average molecular weight is 264 g/mol. The Morgan fingerprint density at radius 2 is 2.22 bits per heavy atom. The van der Waals surface area contributed by atoms with E-state index in [4.69, 9.17) is 5.73 Å². The molecule has 4 heteroatoms. The van der Waals surface area contributed by atoms with Gasteiger partial charge in [0.25, 0.3) is 0 Å². The van der Waals surface area contributed by atoms with E-state index >= 15 is 0 Å². The highest BCUT2D eigenvalue weighted by atomic mass is 32.2. The van der Waals surface area contributed by atoms with Gasteiger partial charge in [0.2, 0.25) is 5.91 Å². The smallest absolute Gasteiger partial charge is 0.237 e.